The van der Waals surface area contributed by atoms with Crippen LogP contribution in [0.3, 0.4) is 0 Å². The minimum Gasteiger partial charge on any atom is -0.469 e. The van der Waals surface area contributed by atoms with E-state index in [2.05, 4.69) is 93.4 Å². The van der Waals surface area contributed by atoms with Gasteiger partial charge in [0.1, 0.15) is 0 Å². The summed E-state index contributed by atoms with van der Waals surface area (Å²) >= 11 is 3.79. The Hall–Kier alpha value is -1.09. The van der Waals surface area contributed by atoms with Gasteiger partial charge in [-0.15, -0.1) is 11.8 Å². The third kappa shape index (κ3) is 10.3. The summed E-state index contributed by atoms with van der Waals surface area (Å²) in [4.78, 5) is 11.4. The molecule has 0 aromatic carbocycles. The van der Waals surface area contributed by atoms with Crippen LogP contribution < -0.4 is 0 Å². The van der Waals surface area contributed by atoms with Gasteiger partial charge in [-0.3, -0.25) is 4.79 Å². The van der Waals surface area contributed by atoms with Crippen molar-refractivity contribution in [1.82, 2.24) is 0 Å². The molecule has 1 aliphatic rings. The minimum absolute atomic E-state index is 0.149. The highest BCUT2D eigenvalue weighted by Gasteiger charge is 2.45. The van der Waals surface area contributed by atoms with Gasteiger partial charge < -0.3 is 9.16 Å². The second kappa shape index (κ2) is 14.5. The van der Waals surface area contributed by atoms with Gasteiger partial charge in [0.2, 0.25) is 0 Å². The largest absolute Gasteiger partial charge is 0.469 e. The Morgan fingerprint density at radius 2 is 2.03 bits per heavy atom. The van der Waals surface area contributed by atoms with E-state index >= 15 is 0 Å². The third-order valence-electron chi connectivity index (χ3n) is 7.29. The average Bonchev–Trinajstić information content (AvgIpc) is 3.02. The van der Waals surface area contributed by atoms with E-state index in [4.69, 9.17) is 9.16 Å². The van der Waals surface area contributed by atoms with Crippen molar-refractivity contribution in [2.24, 2.45) is 17.8 Å². The molecular formula is C29H47BrO3Si. The molecule has 0 radical (unpaired) electrons. The van der Waals surface area contributed by atoms with Gasteiger partial charge in [-0.1, -0.05) is 74.0 Å². The smallest absolute Gasteiger partial charge is 0.305 e. The van der Waals surface area contributed by atoms with Crippen molar-refractivity contribution in [3.8, 4) is 11.8 Å². The molecule has 4 atom stereocenters. The molecule has 192 valence electrons. The molecule has 1 aliphatic carbocycles. The van der Waals surface area contributed by atoms with Gasteiger partial charge in [-0.25, -0.2) is 0 Å². The Balaban J connectivity index is 3.01. The summed E-state index contributed by atoms with van der Waals surface area (Å²) in [6.45, 7) is 20.2. The lowest BCUT2D eigenvalue weighted by molar-refractivity contribution is -0.140. The number of esters is 1. The van der Waals surface area contributed by atoms with E-state index in [0.717, 1.165) is 38.5 Å². The van der Waals surface area contributed by atoms with Crippen molar-refractivity contribution >= 4 is 30.2 Å². The highest BCUT2D eigenvalue weighted by molar-refractivity contribution is 9.11. The molecule has 0 saturated heterocycles. The molecule has 0 amide bonds. The van der Waals surface area contributed by atoms with E-state index in [1.165, 1.54) is 17.2 Å². The second-order valence-corrected chi connectivity index (χ2v) is 16.9. The monoisotopic (exact) mass is 550 g/mol. The Morgan fingerprint density at radius 1 is 1.35 bits per heavy atom. The molecule has 0 aromatic rings. The highest BCUT2D eigenvalue weighted by atomic mass is 79.9. The first-order valence-electron chi connectivity index (χ1n) is 12.7. The van der Waals surface area contributed by atoms with Crippen LogP contribution in [0, 0.1) is 29.6 Å². The maximum absolute atomic E-state index is 11.4. The number of rotatable bonds is 12. The Kier molecular flexibility index (Phi) is 13.2. The lowest BCUT2D eigenvalue weighted by Gasteiger charge is -2.40. The number of carbonyl (C=O) groups is 1. The van der Waals surface area contributed by atoms with Crippen LogP contribution in [0.2, 0.25) is 18.1 Å². The van der Waals surface area contributed by atoms with Crippen LogP contribution in [0.15, 0.2) is 34.9 Å². The number of methoxy groups -OCH3 is 1. The summed E-state index contributed by atoms with van der Waals surface area (Å²) in [5.41, 5.74) is 1.28. The summed E-state index contributed by atoms with van der Waals surface area (Å²) < 4.78 is 12.9. The lowest BCUT2D eigenvalue weighted by Crippen LogP contribution is -2.45. The zero-order chi connectivity index (χ0) is 25.9. The molecule has 5 heteroatoms. The summed E-state index contributed by atoms with van der Waals surface area (Å²) in [5, 5.41) is 0.174. The molecule has 0 bridgehead atoms. The van der Waals surface area contributed by atoms with Crippen molar-refractivity contribution in [3.05, 3.63) is 34.9 Å². The fourth-order valence-electron chi connectivity index (χ4n) is 4.03. The van der Waals surface area contributed by atoms with E-state index in [1.54, 1.807) is 0 Å². The van der Waals surface area contributed by atoms with Crippen molar-refractivity contribution in [1.29, 1.82) is 0 Å². The second-order valence-electron chi connectivity index (χ2n) is 11.1. The standard InChI is InChI=1S/C29H47BrO3Si/c1-10-11-12-15-22(2)18-19-25-26(21-24(30)16-13-14-17-28(31)32-7)23(3)20-27(25)33-34(8,9)29(4,5)6/h16,18-19,22,25-27H,3,12-15,17,20-21H2,1-2,4-9H3/b19-18+,24-16-/t22-,25+,26-,27?/m0/s1. The quantitative estimate of drug-likeness (QED) is 0.0801. The first kappa shape index (κ1) is 30.9. The van der Waals surface area contributed by atoms with Gasteiger partial charge in [0, 0.05) is 18.8 Å². The number of ether oxygens (including phenoxy) is 1. The van der Waals surface area contributed by atoms with Crippen molar-refractivity contribution in [3.63, 3.8) is 0 Å². The predicted octanol–water partition coefficient (Wildman–Crippen LogP) is 8.58. The molecule has 1 rings (SSSR count). The fourth-order valence-corrected chi connectivity index (χ4v) is 5.96. The Labute approximate surface area is 219 Å². The Bertz CT molecular complexity index is 794. The first-order chi connectivity index (χ1) is 15.8. The van der Waals surface area contributed by atoms with Gasteiger partial charge >= 0.3 is 5.97 Å². The van der Waals surface area contributed by atoms with E-state index < -0.39 is 8.32 Å². The van der Waals surface area contributed by atoms with Crippen LogP contribution in [0.25, 0.3) is 0 Å². The molecule has 0 aliphatic heterocycles. The topological polar surface area (TPSA) is 35.5 Å². The van der Waals surface area contributed by atoms with Crippen LogP contribution in [0.1, 0.15) is 79.6 Å². The van der Waals surface area contributed by atoms with Gasteiger partial charge in [-0.2, -0.15) is 0 Å². The molecule has 0 aromatic heterocycles. The van der Waals surface area contributed by atoms with Crippen molar-refractivity contribution in [2.45, 2.75) is 104 Å². The van der Waals surface area contributed by atoms with Crippen LogP contribution in [-0.2, 0) is 14.0 Å². The summed E-state index contributed by atoms with van der Waals surface area (Å²) in [6, 6.07) is 0. The predicted molar refractivity (Wildman–Crippen MR) is 151 cm³/mol. The van der Waals surface area contributed by atoms with Crippen molar-refractivity contribution in [2.75, 3.05) is 7.11 Å². The number of halogens is 1. The molecule has 1 fully saturated rings. The zero-order valence-corrected chi connectivity index (χ0v) is 25.4. The number of unbranched alkanes of at least 4 members (excludes halogenated alkanes) is 1. The van der Waals surface area contributed by atoms with Crippen LogP contribution in [-0.4, -0.2) is 27.5 Å². The number of hydrogen-bond acceptors (Lipinski definition) is 3. The highest BCUT2D eigenvalue weighted by Crippen LogP contribution is 2.47. The maximum atomic E-state index is 11.4. The molecule has 1 saturated carbocycles. The zero-order valence-electron chi connectivity index (χ0n) is 22.8. The maximum Gasteiger partial charge on any atom is 0.305 e. The molecule has 34 heavy (non-hydrogen) atoms. The SMILES string of the molecule is C=C1CC(O[Si](C)(C)C(C)(C)C)[C@H](/C=C/[C@@H](C)CCC#CC)[C@H]1C/C(Br)=C/CCCC(=O)OC. The molecule has 0 N–H and O–H groups in total. The van der Waals surface area contributed by atoms with Gasteiger partial charge in [0.15, 0.2) is 8.32 Å². The first-order valence-corrected chi connectivity index (χ1v) is 16.4. The summed E-state index contributed by atoms with van der Waals surface area (Å²) in [6.07, 6.45) is 13.1. The van der Waals surface area contributed by atoms with Crippen molar-refractivity contribution < 1.29 is 14.0 Å². The number of allylic oxidation sites excluding steroid dienone is 3. The van der Waals surface area contributed by atoms with Crippen LogP contribution in [0.4, 0.5) is 0 Å². The average molecular weight is 552 g/mol. The lowest BCUT2D eigenvalue weighted by atomic mass is 9.88. The minimum atomic E-state index is -1.90. The number of carbonyl (C=O) groups excluding carboxylic acids is 1. The van der Waals surface area contributed by atoms with E-state index in [-0.39, 0.29) is 17.1 Å². The molecule has 0 spiro atoms. The van der Waals surface area contributed by atoms with E-state index in [9.17, 15) is 4.79 Å². The van der Waals surface area contributed by atoms with Gasteiger partial charge in [0.05, 0.1) is 13.2 Å². The van der Waals surface area contributed by atoms with Crippen LogP contribution >= 0.6 is 15.9 Å². The Morgan fingerprint density at radius 3 is 2.62 bits per heavy atom. The third-order valence-corrected chi connectivity index (χ3v) is 12.4. The summed E-state index contributed by atoms with van der Waals surface area (Å²) in [5.74, 6) is 7.18. The normalized spacial score (nSPS) is 22.6. The van der Waals surface area contributed by atoms with Gasteiger partial charge in [0.25, 0.3) is 0 Å². The fraction of sp³-hybridized carbons (Fsp3) is 0.690. The molecular weight excluding hydrogens is 504 g/mol. The molecule has 0 heterocycles. The van der Waals surface area contributed by atoms with E-state index in [1.807, 2.05) is 6.92 Å². The summed E-state index contributed by atoms with van der Waals surface area (Å²) in [7, 11) is -0.458. The van der Waals surface area contributed by atoms with Gasteiger partial charge in [-0.05, 0) is 73.5 Å². The molecule has 3 nitrogen and oxygen atoms in total. The van der Waals surface area contributed by atoms with E-state index in [0.29, 0.717) is 24.2 Å². The number of hydrogen-bond donors (Lipinski definition) is 0. The molecule has 1 unspecified atom stereocenters. The van der Waals surface area contributed by atoms with Crippen LogP contribution in [0.5, 0.6) is 0 Å².